The molecular formula is C18H23N3O3. The molecule has 0 unspecified atom stereocenters. The summed E-state index contributed by atoms with van der Waals surface area (Å²) in [7, 11) is 0. The monoisotopic (exact) mass is 329 g/mol. The Morgan fingerprint density at radius 1 is 1.21 bits per heavy atom. The normalized spacial score (nSPS) is 10.5. The molecule has 128 valence electrons. The molecule has 0 bridgehead atoms. The van der Waals surface area contributed by atoms with Gasteiger partial charge in [0.05, 0.1) is 17.1 Å². The molecule has 0 spiro atoms. The van der Waals surface area contributed by atoms with Gasteiger partial charge in [-0.2, -0.15) is 5.10 Å². The summed E-state index contributed by atoms with van der Waals surface area (Å²) in [6, 6.07) is 9.56. The van der Waals surface area contributed by atoms with Gasteiger partial charge in [-0.25, -0.2) is 9.48 Å². The lowest BCUT2D eigenvalue weighted by Crippen LogP contribution is -2.29. The Balaban J connectivity index is 2.05. The zero-order valence-electron chi connectivity index (χ0n) is 14.3. The van der Waals surface area contributed by atoms with Crippen molar-refractivity contribution in [2.75, 3.05) is 13.2 Å². The first-order valence-corrected chi connectivity index (χ1v) is 8.10. The van der Waals surface area contributed by atoms with Gasteiger partial charge in [-0.3, -0.25) is 4.79 Å². The summed E-state index contributed by atoms with van der Waals surface area (Å²) in [5.41, 5.74) is 2.54. The van der Waals surface area contributed by atoms with Crippen molar-refractivity contribution in [3.63, 3.8) is 0 Å². The van der Waals surface area contributed by atoms with Crippen LogP contribution in [0.3, 0.4) is 0 Å². The first-order valence-electron chi connectivity index (χ1n) is 8.10. The summed E-state index contributed by atoms with van der Waals surface area (Å²) < 4.78 is 6.83. The van der Waals surface area contributed by atoms with Gasteiger partial charge >= 0.3 is 5.97 Å². The van der Waals surface area contributed by atoms with Crippen LogP contribution in [0.15, 0.2) is 30.3 Å². The number of hydrogen-bond acceptors (Lipinski definition) is 4. The predicted octanol–water partition coefficient (Wildman–Crippen LogP) is 2.56. The average molecular weight is 329 g/mol. The average Bonchev–Trinajstić information content (AvgIpc) is 2.88. The molecule has 0 saturated carbocycles. The number of rotatable bonds is 7. The molecular weight excluding hydrogens is 306 g/mol. The van der Waals surface area contributed by atoms with E-state index in [2.05, 4.69) is 10.4 Å². The molecule has 0 aliphatic heterocycles. The Bertz CT molecular complexity index is 708. The number of aromatic nitrogens is 2. The number of nitrogens with one attached hydrogen (secondary N) is 1. The van der Waals surface area contributed by atoms with E-state index in [9.17, 15) is 9.59 Å². The van der Waals surface area contributed by atoms with Gasteiger partial charge in [-0.15, -0.1) is 0 Å². The molecule has 0 atom stereocenters. The minimum Gasteiger partial charge on any atom is -0.452 e. The van der Waals surface area contributed by atoms with Crippen LogP contribution in [0.5, 0.6) is 0 Å². The van der Waals surface area contributed by atoms with Crippen LogP contribution in [-0.4, -0.2) is 34.8 Å². The van der Waals surface area contributed by atoms with E-state index in [-0.39, 0.29) is 12.5 Å². The second-order valence-corrected chi connectivity index (χ2v) is 5.57. The van der Waals surface area contributed by atoms with E-state index in [1.54, 1.807) is 11.6 Å². The van der Waals surface area contributed by atoms with Crippen LogP contribution in [-0.2, 0) is 9.53 Å². The third-order valence-corrected chi connectivity index (χ3v) is 3.68. The Labute approximate surface area is 141 Å². The first-order chi connectivity index (χ1) is 11.5. The fourth-order valence-electron chi connectivity index (χ4n) is 2.42. The maximum Gasteiger partial charge on any atom is 0.342 e. The van der Waals surface area contributed by atoms with Crippen LogP contribution in [0, 0.1) is 13.8 Å². The third kappa shape index (κ3) is 4.22. The maximum absolute atomic E-state index is 12.3. The number of nitrogens with zero attached hydrogens (tertiary/aromatic N) is 2. The third-order valence-electron chi connectivity index (χ3n) is 3.68. The molecule has 24 heavy (non-hydrogen) atoms. The second kappa shape index (κ2) is 8.29. The van der Waals surface area contributed by atoms with Crippen LogP contribution in [0.4, 0.5) is 0 Å². The van der Waals surface area contributed by atoms with Crippen LogP contribution in [0.25, 0.3) is 5.69 Å². The van der Waals surface area contributed by atoms with E-state index in [0.717, 1.165) is 18.5 Å². The summed E-state index contributed by atoms with van der Waals surface area (Å²) in [6.07, 6.45) is 1.90. The van der Waals surface area contributed by atoms with Crippen LogP contribution in [0.1, 0.15) is 41.5 Å². The highest BCUT2D eigenvalue weighted by Gasteiger charge is 2.21. The Hall–Kier alpha value is -2.63. The Morgan fingerprint density at radius 2 is 1.92 bits per heavy atom. The number of unbranched alkanes of at least 4 members (excludes halogenated alkanes) is 1. The summed E-state index contributed by atoms with van der Waals surface area (Å²) in [5, 5.41) is 7.12. The molecule has 6 heteroatoms. The van der Waals surface area contributed by atoms with Crippen molar-refractivity contribution in [2.45, 2.75) is 33.6 Å². The Morgan fingerprint density at radius 3 is 2.58 bits per heavy atom. The molecule has 2 aromatic rings. The number of ether oxygens (including phenoxy) is 1. The molecule has 1 N–H and O–H groups in total. The first kappa shape index (κ1) is 17.7. The Kier molecular flexibility index (Phi) is 6.12. The highest BCUT2D eigenvalue weighted by Crippen LogP contribution is 2.18. The SMILES string of the molecule is CCCCNC(=O)COC(=O)c1c(C)nn(-c2ccccc2)c1C. The zero-order valence-corrected chi connectivity index (χ0v) is 14.3. The number of amides is 1. The lowest BCUT2D eigenvalue weighted by molar-refractivity contribution is -0.124. The number of benzene rings is 1. The number of para-hydroxylation sites is 1. The summed E-state index contributed by atoms with van der Waals surface area (Å²) in [4.78, 5) is 24.0. The van der Waals surface area contributed by atoms with Crippen molar-refractivity contribution in [3.8, 4) is 5.69 Å². The number of hydrogen-bond donors (Lipinski definition) is 1. The fourth-order valence-corrected chi connectivity index (χ4v) is 2.42. The van der Waals surface area contributed by atoms with E-state index in [0.29, 0.717) is 23.5 Å². The van der Waals surface area contributed by atoms with E-state index in [1.165, 1.54) is 0 Å². The molecule has 1 amide bonds. The molecule has 1 aromatic heterocycles. The fraction of sp³-hybridized carbons (Fsp3) is 0.389. The van der Waals surface area contributed by atoms with Crippen molar-refractivity contribution < 1.29 is 14.3 Å². The van der Waals surface area contributed by atoms with Crippen molar-refractivity contribution in [1.29, 1.82) is 0 Å². The van der Waals surface area contributed by atoms with Gasteiger partial charge in [0.25, 0.3) is 5.91 Å². The molecule has 2 rings (SSSR count). The largest absolute Gasteiger partial charge is 0.452 e. The molecule has 0 fully saturated rings. The lowest BCUT2D eigenvalue weighted by Gasteiger charge is -2.07. The molecule has 0 saturated heterocycles. The van der Waals surface area contributed by atoms with Gasteiger partial charge in [-0.1, -0.05) is 31.5 Å². The quantitative estimate of drug-likeness (QED) is 0.626. The van der Waals surface area contributed by atoms with Gasteiger partial charge in [0, 0.05) is 6.54 Å². The van der Waals surface area contributed by atoms with Crippen LogP contribution in [0.2, 0.25) is 0 Å². The van der Waals surface area contributed by atoms with Gasteiger partial charge < -0.3 is 10.1 Å². The predicted molar refractivity (Wildman–Crippen MR) is 91.2 cm³/mol. The molecule has 1 heterocycles. The van der Waals surface area contributed by atoms with Gasteiger partial charge in [0.1, 0.15) is 5.56 Å². The maximum atomic E-state index is 12.3. The highest BCUT2D eigenvalue weighted by molar-refractivity contribution is 5.93. The van der Waals surface area contributed by atoms with Crippen molar-refractivity contribution >= 4 is 11.9 Å². The number of carbonyl (C=O) groups is 2. The van der Waals surface area contributed by atoms with E-state index in [4.69, 9.17) is 4.74 Å². The standard InChI is InChI=1S/C18H23N3O3/c1-4-5-11-19-16(22)12-24-18(23)17-13(2)20-21(14(17)3)15-9-7-6-8-10-15/h6-10H,4-5,11-12H2,1-3H3,(H,19,22). The highest BCUT2D eigenvalue weighted by atomic mass is 16.5. The van der Waals surface area contributed by atoms with Gasteiger partial charge in [0.15, 0.2) is 6.61 Å². The summed E-state index contributed by atoms with van der Waals surface area (Å²) in [5.74, 6) is -0.819. The second-order valence-electron chi connectivity index (χ2n) is 5.57. The van der Waals surface area contributed by atoms with Crippen molar-refractivity contribution in [2.24, 2.45) is 0 Å². The number of esters is 1. The van der Waals surface area contributed by atoms with E-state index in [1.807, 2.05) is 44.2 Å². The lowest BCUT2D eigenvalue weighted by atomic mass is 10.2. The summed E-state index contributed by atoms with van der Waals surface area (Å²) in [6.45, 7) is 5.92. The van der Waals surface area contributed by atoms with Crippen molar-refractivity contribution in [3.05, 3.63) is 47.3 Å². The molecule has 0 aliphatic rings. The van der Waals surface area contributed by atoms with E-state index >= 15 is 0 Å². The van der Waals surface area contributed by atoms with Gasteiger partial charge in [-0.05, 0) is 32.4 Å². The van der Waals surface area contributed by atoms with Crippen molar-refractivity contribution in [1.82, 2.24) is 15.1 Å². The minimum atomic E-state index is -0.530. The number of aryl methyl sites for hydroxylation is 1. The number of carbonyl (C=O) groups excluding carboxylic acids is 2. The van der Waals surface area contributed by atoms with Crippen LogP contribution < -0.4 is 5.32 Å². The smallest absolute Gasteiger partial charge is 0.342 e. The minimum absolute atomic E-state index is 0.280. The van der Waals surface area contributed by atoms with Crippen LogP contribution >= 0.6 is 0 Å². The topological polar surface area (TPSA) is 73.2 Å². The zero-order chi connectivity index (χ0) is 17.5. The molecule has 6 nitrogen and oxygen atoms in total. The molecule has 0 radical (unpaired) electrons. The van der Waals surface area contributed by atoms with Gasteiger partial charge in [0.2, 0.25) is 0 Å². The summed E-state index contributed by atoms with van der Waals surface area (Å²) >= 11 is 0. The molecule has 1 aromatic carbocycles. The molecule has 0 aliphatic carbocycles. The van der Waals surface area contributed by atoms with E-state index < -0.39 is 5.97 Å².